The first-order valence-electron chi connectivity index (χ1n) is 6.48. The van der Waals surface area contributed by atoms with Gasteiger partial charge in [0.15, 0.2) is 9.84 Å². The first kappa shape index (κ1) is 15.0. The van der Waals surface area contributed by atoms with Crippen molar-refractivity contribution >= 4 is 15.8 Å². The number of rotatable bonds is 3. The molecule has 20 heavy (non-hydrogen) atoms. The molecule has 5 nitrogen and oxygen atoms in total. The molecule has 6 heteroatoms. The third-order valence-corrected chi connectivity index (χ3v) is 5.69. The normalized spacial score (nSPS) is 28.8. The van der Waals surface area contributed by atoms with Crippen LogP contribution in [-0.2, 0) is 25.8 Å². The second kappa shape index (κ2) is 5.54. The van der Waals surface area contributed by atoms with Crippen LogP contribution in [0.3, 0.4) is 0 Å². The molecule has 0 aromatic heterocycles. The number of carbonyl (C=O) groups is 1. The molecule has 1 heterocycles. The van der Waals surface area contributed by atoms with E-state index in [4.69, 9.17) is 10.5 Å². The maximum absolute atomic E-state index is 12.2. The number of methoxy groups -OCH3 is 1. The van der Waals surface area contributed by atoms with Gasteiger partial charge in [0, 0.05) is 6.04 Å². The van der Waals surface area contributed by atoms with Crippen molar-refractivity contribution in [2.75, 3.05) is 18.6 Å². The summed E-state index contributed by atoms with van der Waals surface area (Å²) in [5.74, 6) is -0.762. The Labute approximate surface area is 119 Å². The van der Waals surface area contributed by atoms with Crippen molar-refractivity contribution in [1.29, 1.82) is 0 Å². The fourth-order valence-corrected chi connectivity index (χ4v) is 4.76. The highest BCUT2D eigenvalue weighted by molar-refractivity contribution is 7.91. The van der Waals surface area contributed by atoms with Crippen molar-refractivity contribution in [2.24, 2.45) is 11.1 Å². The molecule has 110 valence electrons. The Balaban J connectivity index is 2.42. The number of sulfone groups is 1. The summed E-state index contributed by atoms with van der Waals surface area (Å²) in [6.45, 7) is 0. The molecular weight excluding hydrogens is 278 g/mol. The molecule has 2 atom stereocenters. The minimum atomic E-state index is -3.28. The van der Waals surface area contributed by atoms with Crippen molar-refractivity contribution < 1.29 is 17.9 Å². The minimum absolute atomic E-state index is 0.0295. The molecular formula is C14H19NO4S. The summed E-state index contributed by atoms with van der Waals surface area (Å²) >= 11 is 0. The van der Waals surface area contributed by atoms with Gasteiger partial charge in [-0.15, -0.1) is 0 Å². The number of ether oxygens (including phenoxy) is 1. The maximum atomic E-state index is 12.2. The number of esters is 1. The van der Waals surface area contributed by atoms with Gasteiger partial charge in [-0.3, -0.25) is 4.79 Å². The van der Waals surface area contributed by atoms with Crippen molar-refractivity contribution in [3.05, 3.63) is 35.9 Å². The molecule has 0 amide bonds. The topological polar surface area (TPSA) is 86.5 Å². The van der Waals surface area contributed by atoms with Crippen LogP contribution in [0.25, 0.3) is 0 Å². The Bertz CT molecular complexity index is 584. The zero-order chi connectivity index (χ0) is 14.8. The molecule has 1 aliphatic rings. The predicted molar refractivity (Wildman–Crippen MR) is 75.8 cm³/mol. The summed E-state index contributed by atoms with van der Waals surface area (Å²) in [5.41, 5.74) is 5.79. The second-order valence-electron chi connectivity index (χ2n) is 5.30. The third kappa shape index (κ3) is 2.86. The van der Waals surface area contributed by atoms with Gasteiger partial charge in [0.2, 0.25) is 0 Å². The lowest BCUT2D eigenvalue weighted by Gasteiger charge is -2.39. The van der Waals surface area contributed by atoms with E-state index in [0.29, 0.717) is 0 Å². The highest BCUT2D eigenvalue weighted by Crippen LogP contribution is 2.35. The molecule has 1 aromatic carbocycles. The summed E-state index contributed by atoms with van der Waals surface area (Å²) in [4.78, 5) is 12.2. The molecule has 1 aromatic rings. The molecule has 2 rings (SSSR count). The molecule has 0 bridgehead atoms. The van der Waals surface area contributed by atoms with E-state index in [-0.39, 0.29) is 24.3 Å². The van der Waals surface area contributed by atoms with Crippen LogP contribution in [0.2, 0.25) is 0 Å². The van der Waals surface area contributed by atoms with Crippen LogP contribution >= 0.6 is 0 Å². The zero-order valence-corrected chi connectivity index (χ0v) is 12.2. The molecule has 1 saturated heterocycles. The van der Waals surface area contributed by atoms with E-state index in [9.17, 15) is 13.2 Å². The number of carbonyl (C=O) groups excluding carboxylic acids is 1. The van der Waals surface area contributed by atoms with E-state index in [1.165, 1.54) is 7.11 Å². The number of hydrogen-bond donors (Lipinski definition) is 1. The van der Waals surface area contributed by atoms with E-state index < -0.39 is 27.3 Å². The van der Waals surface area contributed by atoms with E-state index in [0.717, 1.165) is 5.56 Å². The molecule has 1 fully saturated rings. The summed E-state index contributed by atoms with van der Waals surface area (Å²) in [6.07, 6.45) is 0.561. The van der Waals surface area contributed by atoms with Gasteiger partial charge in [-0.2, -0.15) is 0 Å². The standard InChI is InChI=1S/C14H19NO4S/c1-19-13(16)14(9-11-5-3-2-4-6-11)10-20(17,18)8-7-12(14)15/h2-6,12H,7-10,15H2,1H3. The van der Waals surface area contributed by atoms with Gasteiger partial charge in [0.05, 0.1) is 18.6 Å². The number of hydrogen-bond acceptors (Lipinski definition) is 5. The highest BCUT2D eigenvalue weighted by atomic mass is 32.2. The summed E-state index contributed by atoms with van der Waals surface area (Å²) < 4.78 is 28.8. The van der Waals surface area contributed by atoms with Crippen LogP contribution in [0, 0.1) is 5.41 Å². The molecule has 0 radical (unpaired) electrons. The molecule has 2 unspecified atom stereocenters. The van der Waals surface area contributed by atoms with Crippen LogP contribution in [0.4, 0.5) is 0 Å². The summed E-state index contributed by atoms with van der Waals surface area (Å²) in [6, 6.07) is 8.77. The fourth-order valence-electron chi connectivity index (χ4n) is 2.78. The Morgan fingerprint density at radius 2 is 2.05 bits per heavy atom. The highest BCUT2D eigenvalue weighted by Gasteiger charge is 2.51. The molecule has 0 spiro atoms. The smallest absolute Gasteiger partial charge is 0.314 e. The van der Waals surface area contributed by atoms with Gasteiger partial charge in [0.1, 0.15) is 5.41 Å². The van der Waals surface area contributed by atoms with Crippen molar-refractivity contribution in [1.82, 2.24) is 0 Å². The van der Waals surface area contributed by atoms with E-state index >= 15 is 0 Å². The Kier molecular flexibility index (Phi) is 4.15. The Hall–Kier alpha value is -1.40. The molecule has 1 aliphatic heterocycles. The lowest BCUT2D eigenvalue weighted by atomic mass is 9.75. The average Bonchev–Trinajstić information content (AvgIpc) is 2.43. The first-order chi connectivity index (χ1) is 9.39. The third-order valence-electron chi connectivity index (χ3n) is 3.88. The summed E-state index contributed by atoms with van der Waals surface area (Å²) in [7, 11) is -2.01. The van der Waals surface area contributed by atoms with Crippen LogP contribution in [0.15, 0.2) is 30.3 Å². The first-order valence-corrected chi connectivity index (χ1v) is 8.30. The maximum Gasteiger partial charge on any atom is 0.314 e. The van der Waals surface area contributed by atoms with Crippen molar-refractivity contribution in [3.63, 3.8) is 0 Å². The SMILES string of the molecule is COC(=O)C1(Cc2ccccc2)CS(=O)(=O)CCC1N. The van der Waals surface area contributed by atoms with Crippen LogP contribution in [0.5, 0.6) is 0 Å². The lowest BCUT2D eigenvalue weighted by molar-refractivity contribution is -0.153. The van der Waals surface area contributed by atoms with E-state index in [1.54, 1.807) is 0 Å². The fraction of sp³-hybridized carbons (Fsp3) is 0.500. The van der Waals surface area contributed by atoms with Crippen LogP contribution in [-0.4, -0.2) is 39.0 Å². The lowest BCUT2D eigenvalue weighted by Crippen LogP contribution is -2.57. The van der Waals surface area contributed by atoms with Crippen molar-refractivity contribution in [3.8, 4) is 0 Å². The quantitative estimate of drug-likeness (QED) is 0.823. The second-order valence-corrected chi connectivity index (χ2v) is 7.48. The molecule has 0 aliphatic carbocycles. The zero-order valence-electron chi connectivity index (χ0n) is 11.4. The van der Waals surface area contributed by atoms with E-state index in [2.05, 4.69) is 0 Å². The van der Waals surface area contributed by atoms with Crippen LogP contribution < -0.4 is 5.73 Å². The van der Waals surface area contributed by atoms with Gasteiger partial charge in [0.25, 0.3) is 0 Å². The number of nitrogens with two attached hydrogens (primary N) is 1. The van der Waals surface area contributed by atoms with Gasteiger partial charge >= 0.3 is 5.97 Å². The van der Waals surface area contributed by atoms with Gasteiger partial charge in [-0.05, 0) is 18.4 Å². The van der Waals surface area contributed by atoms with Crippen LogP contribution in [0.1, 0.15) is 12.0 Å². The predicted octanol–water partition coefficient (Wildman–Crippen LogP) is 0.534. The summed E-state index contributed by atoms with van der Waals surface area (Å²) in [5, 5.41) is 0. The number of benzene rings is 1. The van der Waals surface area contributed by atoms with Gasteiger partial charge in [-0.1, -0.05) is 30.3 Å². The Morgan fingerprint density at radius 1 is 1.40 bits per heavy atom. The monoisotopic (exact) mass is 297 g/mol. The molecule has 2 N–H and O–H groups in total. The molecule has 0 saturated carbocycles. The van der Waals surface area contributed by atoms with Gasteiger partial charge in [-0.25, -0.2) is 8.42 Å². The Morgan fingerprint density at radius 3 is 2.65 bits per heavy atom. The minimum Gasteiger partial charge on any atom is -0.469 e. The van der Waals surface area contributed by atoms with E-state index in [1.807, 2.05) is 30.3 Å². The van der Waals surface area contributed by atoms with Crippen molar-refractivity contribution in [2.45, 2.75) is 18.9 Å². The average molecular weight is 297 g/mol. The van der Waals surface area contributed by atoms with Gasteiger partial charge < -0.3 is 10.5 Å². The largest absolute Gasteiger partial charge is 0.469 e.